The van der Waals surface area contributed by atoms with E-state index in [-0.39, 0.29) is 5.56 Å². The number of halogens is 1. The molecule has 0 aromatic heterocycles. The molecular weight excluding hydrogens is 211 g/mol. The lowest BCUT2D eigenvalue weighted by molar-refractivity contribution is -0.150. The Kier molecular flexibility index (Phi) is 3.33. The SMILES string of the molecule is Cc1ccc(F)c(C(C)(C)C(O)C(=O)O)c1. The van der Waals surface area contributed by atoms with Gasteiger partial charge in [0.15, 0.2) is 6.10 Å². The molecule has 0 heterocycles. The summed E-state index contributed by atoms with van der Waals surface area (Å²) in [5.74, 6) is -1.86. The Morgan fingerprint density at radius 3 is 2.50 bits per heavy atom. The molecule has 0 amide bonds. The van der Waals surface area contributed by atoms with Crippen molar-refractivity contribution in [2.75, 3.05) is 0 Å². The average Bonchev–Trinajstić information content (AvgIpc) is 2.20. The number of hydrogen-bond acceptors (Lipinski definition) is 2. The van der Waals surface area contributed by atoms with Crippen LogP contribution in [-0.4, -0.2) is 22.3 Å². The molecule has 4 heteroatoms. The summed E-state index contributed by atoms with van der Waals surface area (Å²) < 4.78 is 13.6. The molecule has 88 valence electrons. The summed E-state index contributed by atoms with van der Waals surface area (Å²) in [5, 5.41) is 18.3. The van der Waals surface area contributed by atoms with Crippen LogP contribution in [0.15, 0.2) is 18.2 Å². The molecule has 0 bridgehead atoms. The zero-order valence-corrected chi connectivity index (χ0v) is 9.49. The summed E-state index contributed by atoms with van der Waals surface area (Å²) in [7, 11) is 0. The Morgan fingerprint density at radius 1 is 1.44 bits per heavy atom. The Balaban J connectivity index is 3.25. The minimum atomic E-state index is -1.64. The second-order valence-corrected chi connectivity index (χ2v) is 4.45. The molecule has 2 N–H and O–H groups in total. The van der Waals surface area contributed by atoms with Crippen molar-refractivity contribution in [2.24, 2.45) is 0 Å². The molecule has 0 aliphatic heterocycles. The molecule has 1 rings (SSSR count). The monoisotopic (exact) mass is 226 g/mol. The smallest absolute Gasteiger partial charge is 0.333 e. The standard InChI is InChI=1S/C12H15FO3/c1-7-4-5-9(13)8(6-7)12(2,3)10(14)11(15)16/h4-6,10,14H,1-3H3,(H,15,16). The molecule has 0 spiro atoms. The Bertz CT molecular complexity index is 413. The molecule has 1 aromatic rings. The normalized spacial score (nSPS) is 13.6. The fraction of sp³-hybridized carbons (Fsp3) is 0.417. The predicted octanol–water partition coefficient (Wildman–Crippen LogP) is 1.86. The Morgan fingerprint density at radius 2 is 2.00 bits per heavy atom. The molecule has 1 atom stereocenters. The maximum Gasteiger partial charge on any atom is 0.333 e. The summed E-state index contributed by atoms with van der Waals surface area (Å²) in [5.41, 5.74) is -0.133. The van der Waals surface area contributed by atoms with Gasteiger partial charge in [-0.25, -0.2) is 9.18 Å². The minimum absolute atomic E-state index is 0.211. The fourth-order valence-corrected chi connectivity index (χ4v) is 1.59. The number of rotatable bonds is 3. The first-order valence-corrected chi connectivity index (χ1v) is 4.94. The van der Waals surface area contributed by atoms with E-state index in [1.165, 1.54) is 19.9 Å². The van der Waals surface area contributed by atoms with Crippen molar-refractivity contribution in [1.82, 2.24) is 0 Å². The highest BCUT2D eigenvalue weighted by atomic mass is 19.1. The van der Waals surface area contributed by atoms with Crippen LogP contribution in [0.3, 0.4) is 0 Å². The van der Waals surface area contributed by atoms with Crippen molar-refractivity contribution in [3.05, 3.63) is 35.1 Å². The molecule has 3 nitrogen and oxygen atoms in total. The molecular formula is C12H15FO3. The first kappa shape index (κ1) is 12.6. The van der Waals surface area contributed by atoms with Crippen LogP contribution in [0.25, 0.3) is 0 Å². The molecule has 0 saturated carbocycles. The van der Waals surface area contributed by atoms with E-state index in [1.807, 2.05) is 0 Å². The minimum Gasteiger partial charge on any atom is -0.479 e. The zero-order valence-electron chi connectivity index (χ0n) is 9.49. The third-order valence-corrected chi connectivity index (χ3v) is 2.73. The lowest BCUT2D eigenvalue weighted by atomic mass is 9.78. The van der Waals surface area contributed by atoms with Crippen LogP contribution in [-0.2, 0) is 10.2 Å². The lowest BCUT2D eigenvalue weighted by Crippen LogP contribution is -2.40. The van der Waals surface area contributed by atoms with Crippen LogP contribution in [0.4, 0.5) is 4.39 Å². The summed E-state index contributed by atoms with van der Waals surface area (Å²) >= 11 is 0. The van der Waals surface area contributed by atoms with Crippen molar-refractivity contribution in [1.29, 1.82) is 0 Å². The van der Waals surface area contributed by atoms with Gasteiger partial charge in [0.25, 0.3) is 0 Å². The number of aryl methyl sites for hydroxylation is 1. The first-order valence-electron chi connectivity index (χ1n) is 4.94. The third kappa shape index (κ3) is 2.22. The van der Waals surface area contributed by atoms with Gasteiger partial charge in [0.1, 0.15) is 5.82 Å². The van der Waals surface area contributed by atoms with Crippen LogP contribution in [0, 0.1) is 12.7 Å². The molecule has 0 saturated heterocycles. The largest absolute Gasteiger partial charge is 0.479 e. The highest BCUT2D eigenvalue weighted by Gasteiger charge is 2.37. The van der Waals surface area contributed by atoms with Gasteiger partial charge in [0.05, 0.1) is 0 Å². The molecule has 0 aliphatic carbocycles. The summed E-state index contributed by atoms with van der Waals surface area (Å²) in [6, 6.07) is 4.44. The number of carboxylic acids is 1. The average molecular weight is 226 g/mol. The highest BCUT2D eigenvalue weighted by molar-refractivity contribution is 5.74. The van der Waals surface area contributed by atoms with E-state index in [4.69, 9.17) is 5.11 Å². The zero-order chi connectivity index (χ0) is 12.5. The fourth-order valence-electron chi connectivity index (χ4n) is 1.59. The second kappa shape index (κ2) is 4.22. The van der Waals surface area contributed by atoms with Gasteiger partial charge in [-0.3, -0.25) is 0 Å². The number of carboxylic acid groups (broad SMARTS) is 1. The van der Waals surface area contributed by atoms with Crippen LogP contribution < -0.4 is 0 Å². The van der Waals surface area contributed by atoms with E-state index in [0.29, 0.717) is 0 Å². The van der Waals surface area contributed by atoms with Crippen molar-refractivity contribution < 1.29 is 19.4 Å². The van der Waals surface area contributed by atoms with Crippen molar-refractivity contribution in [2.45, 2.75) is 32.3 Å². The van der Waals surface area contributed by atoms with Gasteiger partial charge in [0.2, 0.25) is 0 Å². The van der Waals surface area contributed by atoms with Gasteiger partial charge in [-0.1, -0.05) is 31.5 Å². The van der Waals surface area contributed by atoms with Crippen molar-refractivity contribution in [3.8, 4) is 0 Å². The number of aliphatic carboxylic acids is 1. The predicted molar refractivity (Wildman–Crippen MR) is 57.8 cm³/mol. The molecule has 0 aliphatic rings. The lowest BCUT2D eigenvalue weighted by Gasteiger charge is -2.28. The molecule has 1 aromatic carbocycles. The molecule has 16 heavy (non-hydrogen) atoms. The van der Waals surface area contributed by atoms with Gasteiger partial charge in [0, 0.05) is 5.41 Å². The number of aliphatic hydroxyl groups is 1. The van der Waals surface area contributed by atoms with Crippen LogP contribution in [0.1, 0.15) is 25.0 Å². The maximum absolute atomic E-state index is 13.6. The number of aliphatic hydroxyl groups excluding tert-OH is 1. The van der Waals surface area contributed by atoms with E-state index in [0.717, 1.165) is 5.56 Å². The second-order valence-electron chi connectivity index (χ2n) is 4.45. The molecule has 1 unspecified atom stereocenters. The first-order chi connectivity index (χ1) is 7.26. The summed E-state index contributed by atoms with van der Waals surface area (Å²) in [6.07, 6.45) is -1.64. The molecule has 0 radical (unpaired) electrons. The molecule has 0 fully saturated rings. The Hall–Kier alpha value is -1.42. The van der Waals surface area contributed by atoms with Gasteiger partial charge in [-0.15, -0.1) is 0 Å². The third-order valence-electron chi connectivity index (χ3n) is 2.73. The van der Waals surface area contributed by atoms with Crippen molar-refractivity contribution >= 4 is 5.97 Å². The van der Waals surface area contributed by atoms with E-state index >= 15 is 0 Å². The van der Waals surface area contributed by atoms with Crippen LogP contribution in [0.5, 0.6) is 0 Å². The van der Waals surface area contributed by atoms with E-state index < -0.39 is 23.3 Å². The number of benzene rings is 1. The van der Waals surface area contributed by atoms with Gasteiger partial charge < -0.3 is 10.2 Å². The number of hydrogen-bond donors (Lipinski definition) is 2. The topological polar surface area (TPSA) is 57.5 Å². The highest BCUT2D eigenvalue weighted by Crippen LogP contribution is 2.30. The van der Waals surface area contributed by atoms with Gasteiger partial charge in [-0.2, -0.15) is 0 Å². The van der Waals surface area contributed by atoms with Gasteiger partial charge in [-0.05, 0) is 18.6 Å². The Labute approximate surface area is 93.5 Å². The maximum atomic E-state index is 13.6. The van der Waals surface area contributed by atoms with E-state index in [9.17, 15) is 14.3 Å². The van der Waals surface area contributed by atoms with E-state index in [2.05, 4.69) is 0 Å². The number of carbonyl (C=O) groups is 1. The quantitative estimate of drug-likeness (QED) is 0.827. The van der Waals surface area contributed by atoms with Gasteiger partial charge >= 0.3 is 5.97 Å². The van der Waals surface area contributed by atoms with E-state index in [1.54, 1.807) is 19.1 Å². The van der Waals surface area contributed by atoms with Crippen LogP contribution in [0.2, 0.25) is 0 Å². The summed E-state index contributed by atoms with van der Waals surface area (Å²) in [6.45, 7) is 4.79. The van der Waals surface area contributed by atoms with Crippen LogP contribution >= 0.6 is 0 Å². The summed E-state index contributed by atoms with van der Waals surface area (Å²) in [4.78, 5) is 10.7. The van der Waals surface area contributed by atoms with Crippen molar-refractivity contribution in [3.63, 3.8) is 0 Å².